The Morgan fingerprint density at radius 1 is 1.23 bits per heavy atom. The summed E-state index contributed by atoms with van der Waals surface area (Å²) in [5.41, 5.74) is 0. The third-order valence-electron chi connectivity index (χ3n) is 3.79. The van der Waals surface area contributed by atoms with Crippen molar-refractivity contribution in [1.82, 2.24) is 9.62 Å². The first-order valence-electron chi connectivity index (χ1n) is 8.69. The lowest BCUT2D eigenvalue weighted by molar-refractivity contribution is -0.123. The van der Waals surface area contributed by atoms with E-state index < -0.39 is 10.0 Å². The first kappa shape index (κ1) is 20.6. The molecule has 0 aromatic heterocycles. The summed E-state index contributed by atoms with van der Waals surface area (Å²) < 4.78 is 42.2. The SMILES string of the molecule is CCOCCCNC(=O)COc1ccc(S(=O)(=O)N2CCOCC2)cc1. The molecule has 1 aromatic carbocycles. The highest BCUT2D eigenvalue weighted by Gasteiger charge is 2.26. The number of hydrogen-bond donors (Lipinski definition) is 1. The molecule has 1 N–H and O–H groups in total. The average molecular weight is 386 g/mol. The smallest absolute Gasteiger partial charge is 0.257 e. The Kier molecular flexibility index (Phi) is 8.30. The number of ether oxygens (including phenoxy) is 3. The molecule has 146 valence electrons. The van der Waals surface area contributed by atoms with Gasteiger partial charge in [0.1, 0.15) is 5.75 Å². The molecule has 0 unspecified atom stereocenters. The zero-order valence-electron chi connectivity index (χ0n) is 15.0. The van der Waals surface area contributed by atoms with Crippen molar-refractivity contribution in [2.24, 2.45) is 0 Å². The van der Waals surface area contributed by atoms with Gasteiger partial charge in [-0.2, -0.15) is 4.31 Å². The van der Waals surface area contributed by atoms with Crippen LogP contribution in [0.4, 0.5) is 0 Å². The second-order valence-electron chi connectivity index (χ2n) is 5.68. The second-order valence-corrected chi connectivity index (χ2v) is 7.61. The van der Waals surface area contributed by atoms with E-state index in [1.165, 1.54) is 16.4 Å². The lowest BCUT2D eigenvalue weighted by Gasteiger charge is -2.26. The van der Waals surface area contributed by atoms with Gasteiger partial charge in [0.05, 0.1) is 18.1 Å². The lowest BCUT2D eigenvalue weighted by Crippen LogP contribution is -2.40. The van der Waals surface area contributed by atoms with Gasteiger partial charge in [0.15, 0.2) is 6.61 Å². The molecule has 0 bridgehead atoms. The summed E-state index contributed by atoms with van der Waals surface area (Å²) in [5.74, 6) is 0.210. The fraction of sp³-hybridized carbons (Fsp3) is 0.588. The maximum atomic E-state index is 12.5. The van der Waals surface area contributed by atoms with Crippen LogP contribution in [0.1, 0.15) is 13.3 Å². The molecule has 26 heavy (non-hydrogen) atoms. The largest absolute Gasteiger partial charge is 0.484 e. The molecular weight excluding hydrogens is 360 g/mol. The number of hydrogen-bond acceptors (Lipinski definition) is 6. The van der Waals surface area contributed by atoms with E-state index in [4.69, 9.17) is 14.2 Å². The highest BCUT2D eigenvalue weighted by Crippen LogP contribution is 2.20. The molecule has 1 heterocycles. The number of rotatable bonds is 10. The van der Waals surface area contributed by atoms with Crippen LogP contribution >= 0.6 is 0 Å². The molecule has 0 radical (unpaired) electrons. The summed E-state index contributed by atoms with van der Waals surface area (Å²) in [6.07, 6.45) is 0.744. The fourth-order valence-corrected chi connectivity index (χ4v) is 3.80. The Balaban J connectivity index is 1.79. The van der Waals surface area contributed by atoms with E-state index in [1.54, 1.807) is 12.1 Å². The molecule has 0 atom stereocenters. The first-order chi connectivity index (χ1) is 12.5. The van der Waals surface area contributed by atoms with E-state index in [9.17, 15) is 13.2 Å². The van der Waals surface area contributed by atoms with Crippen molar-refractivity contribution in [2.45, 2.75) is 18.2 Å². The van der Waals surface area contributed by atoms with Crippen LogP contribution in [-0.2, 0) is 24.3 Å². The number of carbonyl (C=O) groups excluding carboxylic acids is 1. The molecule has 9 heteroatoms. The van der Waals surface area contributed by atoms with Gasteiger partial charge in [-0.25, -0.2) is 8.42 Å². The molecule has 0 aliphatic carbocycles. The van der Waals surface area contributed by atoms with Crippen LogP contribution in [0.2, 0.25) is 0 Å². The van der Waals surface area contributed by atoms with Crippen molar-refractivity contribution in [3.05, 3.63) is 24.3 Å². The van der Waals surface area contributed by atoms with Crippen molar-refractivity contribution in [2.75, 3.05) is 52.7 Å². The molecular formula is C17H26N2O6S. The Morgan fingerprint density at radius 2 is 1.92 bits per heavy atom. The van der Waals surface area contributed by atoms with Crippen molar-refractivity contribution >= 4 is 15.9 Å². The van der Waals surface area contributed by atoms with E-state index in [1.807, 2.05) is 6.92 Å². The maximum Gasteiger partial charge on any atom is 0.257 e. The second kappa shape index (κ2) is 10.5. The van der Waals surface area contributed by atoms with Crippen LogP contribution in [0, 0.1) is 0 Å². The summed E-state index contributed by atoms with van der Waals surface area (Å²) >= 11 is 0. The predicted octanol–water partition coefficient (Wildman–Crippen LogP) is 0.629. The van der Waals surface area contributed by atoms with Gasteiger partial charge < -0.3 is 19.5 Å². The van der Waals surface area contributed by atoms with Crippen molar-refractivity contribution in [3.63, 3.8) is 0 Å². The molecule has 0 spiro atoms. The number of amides is 1. The molecule has 1 aliphatic heterocycles. The summed E-state index contributed by atoms with van der Waals surface area (Å²) in [5, 5.41) is 2.73. The summed E-state index contributed by atoms with van der Waals surface area (Å²) in [6.45, 7) is 5.10. The molecule has 1 aromatic rings. The molecule has 2 rings (SSSR count). The minimum Gasteiger partial charge on any atom is -0.484 e. The zero-order chi connectivity index (χ0) is 18.8. The first-order valence-corrected chi connectivity index (χ1v) is 10.1. The van der Waals surface area contributed by atoms with Crippen molar-refractivity contribution in [3.8, 4) is 5.75 Å². The summed E-state index contributed by atoms with van der Waals surface area (Å²) in [4.78, 5) is 11.9. The Bertz CT molecular complexity index is 656. The lowest BCUT2D eigenvalue weighted by atomic mass is 10.3. The molecule has 1 saturated heterocycles. The third kappa shape index (κ3) is 6.24. The Labute approximate surface area is 154 Å². The monoisotopic (exact) mass is 386 g/mol. The number of nitrogens with zero attached hydrogens (tertiary/aromatic N) is 1. The number of carbonyl (C=O) groups is 1. The molecule has 1 fully saturated rings. The zero-order valence-corrected chi connectivity index (χ0v) is 15.8. The standard InChI is InChI=1S/C17H26N2O6S/c1-2-23-11-3-8-18-17(20)14-25-15-4-6-16(7-5-15)26(21,22)19-9-12-24-13-10-19/h4-7H,2-3,8-14H2,1H3,(H,18,20). The Hall–Kier alpha value is -1.68. The van der Waals surface area contributed by atoms with E-state index in [2.05, 4.69) is 5.32 Å². The van der Waals surface area contributed by atoms with Gasteiger partial charge in [-0.3, -0.25) is 4.79 Å². The van der Waals surface area contributed by atoms with Gasteiger partial charge in [0.2, 0.25) is 10.0 Å². The molecule has 1 aliphatic rings. The van der Waals surface area contributed by atoms with E-state index >= 15 is 0 Å². The maximum absolute atomic E-state index is 12.5. The number of morpholine rings is 1. The fourth-order valence-electron chi connectivity index (χ4n) is 2.39. The minimum absolute atomic E-state index is 0.121. The van der Waals surface area contributed by atoms with E-state index in [0.29, 0.717) is 51.8 Å². The highest BCUT2D eigenvalue weighted by molar-refractivity contribution is 7.89. The number of nitrogens with one attached hydrogen (secondary N) is 1. The topological polar surface area (TPSA) is 94.2 Å². The van der Waals surface area contributed by atoms with Crippen LogP contribution in [-0.4, -0.2) is 71.3 Å². The van der Waals surface area contributed by atoms with Crippen LogP contribution < -0.4 is 10.1 Å². The average Bonchev–Trinajstić information content (AvgIpc) is 2.67. The van der Waals surface area contributed by atoms with Gasteiger partial charge in [-0.15, -0.1) is 0 Å². The van der Waals surface area contributed by atoms with Crippen LogP contribution in [0.15, 0.2) is 29.2 Å². The quantitative estimate of drug-likeness (QED) is 0.593. The van der Waals surface area contributed by atoms with E-state index in [0.717, 1.165) is 6.42 Å². The van der Waals surface area contributed by atoms with E-state index in [-0.39, 0.29) is 17.4 Å². The normalized spacial score (nSPS) is 15.6. The van der Waals surface area contributed by atoms with Gasteiger partial charge >= 0.3 is 0 Å². The van der Waals surface area contributed by atoms with Crippen molar-refractivity contribution in [1.29, 1.82) is 0 Å². The van der Waals surface area contributed by atoms with Crippen LogP contribution in [0.5, 0.6) is 5.75 Å². The van der Waals surface area contributed by atoms with Gasteiger partial charge in [0, 0.05) is 32.8 Å². The van der Waals surface area contributed by atoms with Crippen LogP contribution in [0.3, 0.4) is 0 Å². The van der Waals surface area contributed by atoms with Crippen molar-refractivity contribution < 1.29 is 27.4 Å². The van der Waals surface area contributed by atoms with Crippen LogP contribution in [0.25, 0.3) is 0 Å². The predicted molar refractivity (Wildman–Crippen MR) is 95.6 cm³/mol. The third-order valence-corrected chi connectivity index (χ3v) is 5.71. The summed E-state index contributed by atoms with van der Waals surface area (Å²) in [7, 11) is -3.52. The molecule has 1 amide bonds. The Morgan fingerprint density at radius 3 is 2.58 bits per heavy atom. The number of sulfonamides is 1. The number of benzene rings is 1. The molecule has 8 nitrogen and oxygen atoms in total. The summed E-state index contributed by atoms with van der Waals surface area (Å²) in [6, 6.07) is 6.08. The van der Waals surface area contributed by atoms with Gasteiger partial charge in [-0.05, 0) is 37.6 Å². The molecule has 0 saturated carbocycles. The highest BCUT2D eigenvalue weighted by atomic mass is 32.2. The minimum atomic E-state index is -3.52. The van der Waals surface area contributed by atoms with Gasteiger partial charge in [0.25, 0.3) is 5.91 Å². The van der Waals surface area contributed by atoms with Gasteiger partial charge in [-0.1, -0.05) is 0 Å².